The van der Waals surface area contributed by atoms with Crippen molar-refractivity contribution in [2.24, 2.45) is 5.92 Å². The maximum absolute atomic E-state index is 11.0. The van der Waals surface area contributed by atoms with Crippen molar-refractivity contribution in [1.82, 2.24) is 24.4 Å². The molecular weight excluding hydrogens is 523 g/mol. The van der Waals surface area contributed by atoms with Crippen LogP contribution in [0.25, 0.3) is 11.2 Å². The van der Waals surface area contributed by atoms with E-state index in [2.05, 4.69) is 49.3 Å². The third-order valence-electron chi connectivity index (χ3n) is 6.43. The van der Waals surface area contributed by atoms with Gasteiger partial charge in [-0.1, -0.05) is 11.8 Å². The van der Waals surface area contributed by atoms with Crippen molar-refractivity contribution < 1.29 is 4.79 Å². The van der Waals surface area contributed by atoms with Gasteiger partial charge in [-0.3, -0.25) is 4.79 Å². The number of benzene rings is 1. The Hall–Kier alpha value is -1.88. The van der Waals surface area contributed by atoms with Crippen LogP contribution in [0.4, 0.5) is 5.82 Å². The number of likely N-dealkylation sites (tertiary alicyclic amines) is 1. The zero-order valence-electron chi connectivity index (χ0n) is 17.3. The van der Waals surface area contributed by atoms with Crippen molar-refractivity contribution in [1.29, 1.82) is 0 Å². The summed E-state index contributed by atoms with van der Waals surface area (Å²) < 4.78 is 3.47. The molecule has 3 heterocycles. The highest BCUT2D eigenvalue weighted by Crippen LogP contribution is 2.37. The van der Waals surface area contributed by atoms with Crippen molar-refractivity contribution in [3.05, 3.63) is 33.2 Å². The van der Waals surface area contributed by atoms with E-state index in [1.54, 1.807) is 11.8 Å². The fourth-order valence-corrected chi connectivity index (χ4v) is 6.46. The third-order valence-corrected chi connectivity index (χ3v) is 8.74. The molecule has 9 heteroatoms. The summed E-state index contributed by atoms with van der Waals surface area (Å²) in [6, 6.07) is 4.66. The molecule has 0 unspecified atom stereocenters. The molecule has 1 saturated heterocycles. The Kier molecular flexibility index (Phi) is 6.05. The molecule has 2 aromatic heterocycles. The van der Waals surface area contributed by atoms with Gasteiger partial charge in [-0.25, -0.2) is 15.0 Å². The number of nitrogens with zero attached hydrogens (tertiary/aromatic N) is 5. The molecule has 162 valence electrons. The average Bonchev–Trinajstić information content (AvgIpc) is 3.37. The van der Waals surface area contributed by atoms with Crippen LogP contribution < -0.4 is 5.73 Å². The number of hydrogen-bond donors (Lipinski definition) is 1. The SMILES string of the molecule is Nc1ncnc2c1nc(Sc1cc3c(cc1I)CCC3)n2CCC1CCN(C=O)CC1. The lowest BCUT2D eigenvalue weighted by atomic mass is 9.94. The molecule has 0 saturated carbocycles. The lowest BCUT2D eigenvalue weighted by molar-refractivity contribution is -0.119. The number of piperidine rings is 1. The van der Waals surface area contributed by atoms with E-state index in [-0.39, 0.29) is 0 Å². The molecule has 1 amide bonds. The highest BCUT2D eigenvalue weighted by atomic mass is 127. The molecule has 2 aliphatic rings. The van der Waals surface area contributed by atoms with Crippen LogP contribution in [-0.2, 0) is 24.2 Å². The predicted molar refractivity (Wildman–Crippen MR) is 130 cm³/mol. The summed E-state index contributed by atoms with van der Waals surface area (Å²) in [5, 5.41) is 0.920. The largest absolute Gasteiger partial charge is 0.382 e. The monoisotopic (exact) mass is 548 g/mol. The molecule has 7 nitrogen and oxygen atoms in total. The molecule has 0 radical (unpaired) electrons. The first kappa shape index (κ1) is 21.0. The van der Waals surface area contributed by atoms with E-state index in [4.69, 9.17) is 10.7 Å². The number of rotatable bonds is 6. The summed E-state index contributed by atoms with van der Waals surface area (Å²) >= 11 is 4.13. The minimum atomic E-state index is 0.425. The molecule has 31 heavy (non-hydrogen) atoms. The molecular formula is C22H25IN6OS. The van der Waals surface area contributed by atoms with E-state index in [1.807, 2.05) is 4.90 Å². The Labute approximate surface area is 199 Å². The second kappa shape index (κ2) is 8.93. The van der Waals surface area contributed by atoms with Crippen molar-refractivity contribution in [3.8, 4) is 0 Å². The predicted octanol–water partition coefficient (Wildman–Crippen LogP) is 3.91. The van der Waals surface area contributed by atoms with Gasteiger partial charge in [-0.05, 0) is 90.3 Å². The minimum absolute atomic E-state index is 0.425. The number of aryl methyl sites for hydroxylation is 3. The van der Waals surface area contributed by atoms with Gasteiger partial charge in [-0.15, -0.1) is 0 Å². The Bertz CT molecular complexity index is 1120. The van der Waals surface area contributed by atoms with Crippen LogP contribution in [0, 0.1) is 9.49 Å². The molecule has 0 atom stereocenters. The fraction of sp³-hybridized carbons (Fsp3) is 0.455. The first-order chi connectivity index (χ1) is 15.1. The van der Waals surface area contributed by atoms with E-state index < -0.39 is 0 Å². The van der Waals surface area contributed by atoms with Gasteiger partial charge < -0.3 is 15.2 Å². The summed E-state index contributed by atoms with van der Waals surface area (Å²) in [4.78, 5) is 27.6. The number of carbonyl (C=O) groups is 1. The van der Waals surface area contributed by atoms with Crippen molar-refractivity contribution in [2.45, 2.75) is 55.1 Å². The van der Waals surface area contributed by atoms with E-state index >= 15 is 0 Å². The Morgan fingerprint density at radius 1 is 1.19 bits per heavy atom. The Morgan fingerprint density at radius 3 is 2.74 bits per heavy atom. The molecule has 3 aromatic rings. The maximum Gasteiger partial charge on any atom is 0.209 e. The van der Waals surface area contributed by atoms with Gasteiger partial charge in [0.15, 0.2) is 22.1 Å². The quantitative estimate of drug-likeness (QED) is 0.371. The molecule has 1 aliphatic carbocycles. The fourth-order valence-electron chi connectivity index (χ4n) is 4.62. The van der Waals surface area contributed by atoms with Gasteiger partial charge in [0, 0.05) is 28.1 Å². The van der Waals surface area contributed by atoms with Crippen LogP contribution >= 0.6 is 34.4 Å². The molecule has 2 N–H and O–H groups in total. The Balaban J connectivity index is 1.43. The first-order valence-electron chi connectivity index (χ1n) is 10.8. The molecule has 1 aliphatic heterocycles. The summed E-state index contributed by atoms with van der Waals surface area (Å²) in [6.45, 7) is 2.54. The minimum Gasteiger partial charge on any atom is -0.382 e. The number of halogens is 1. The normalized spacial score (nSPS) is 16.7. The standard InChI is InChI=1S/C22H25IN6OS/c23-17-10-15-2-1-3-16(15)11-18(17)31-22-27-19-20(24)25-12-26-21(19)29(22)9-6-14-4-7-28(13-30)8-5-14/h10-14H,1-9H2,(H2,24,25,26). The summed E-state index contributed by atoms with van der Waals surface area (Å²) in [7, 11) is 0. The van der Waals surface area contributed by atoms with Crippen molar-refractivity contribution >= 4 is 57.7 Å². The van der Waals surface area contributed by atoms with Gasteiger partial charge >= 0.3 is 0 Å². The summed E-state index contributed by atoms with van der Waals surface area (Å²) in [5.41, 5.74) is 10.6. The third kappa shape index (κ3) is 4.26. The van der Waals surface area contributed by atoms with Crippen LogP contribution in [0.1, 0.15) is 36.8 Å². The first-order valence-corrected chi connectivity index (χ1v) is 12.7. The van der Waals surface area contributed by atoms with Crippen LogP contribution in [0.2, 0.25) is 0 Å². The Morgan fingerprint density at radius 2 is 1.97 bits per heavy atom. The van der Waals surface area contributed by atoms with Crippen molar-refractivity contribution in [3.63, 3.8) is 0 Å². The number of nitrogen functional groups attached to an aromatic ring is 1. The van der Waals surface area contributed by atoms with Gasteiger partial charge in [0.1, 0.15) is 6.33 Å². The topological polar surface area (TPSA) is 89.9 Å². The van der Waals surface area contributed by atoms with E-state index in [9.17, 15) is 4.79 Å². The van der Waals surface area contributed by atoms with E-state index in [0.717, 1.165) is 62.5 Å². The maximum atomic E-state index is 11.0. The number of carbonyl (C=O) groups excluding carboxylic acids is 1. The summed E-state index contributed by atoms with van der Waals surface area (Å²) in [6.07, 6.45) is 9.21. The van der Waals surface area contributed by atoms with Gasteiger partial charge in [0.05, 0.1) is 0 Å². The highest BCUT2D eigenvalue weighted by Gasteiger charge is 2.22. The number of nitrogens with two attached hydrogens (primary N) is 1. The second-order valence-electron chi connectivity index (χ2n) is 8.36. The lowest BCUT2D eigenvalue weighted by Crippen LogP contribution is -2.32. The molecule has 1 aromatic carbocycles. The number of aromatic nitrogens is 4. The van der Waals surface area contributed by atoms with Crippen LogP contribution in [0.3, 0.4) is 0 Å². The smallest absolute Gasteiger partial charge is 0.209 e. The zero-order valence-corrected chi connectivity index (χ0v) is 20.2. The van der Waals surface area contributed by atoms with Gasteiger partial charge in [-0.2, -0.15) is 0 Å². The second-order valence-corrected chi connectivity index (χ2v) is 10.5. The number of hydrogen-bond acceptors (Lipinski definition) is 6. The van der Waals surface area contributed by atoms with E-state index in [1.165, 1.54) is 38.8 Å². The summed E-state index contributed by atoms with van der Waals surface area (Å²) in [5.74, 6) is 1.03. The van der Waals surface area contributed by atoms with Gasteiger partial charge in [0.25, 0.3) is 0 Å². The average molecular weight is 548 g/mol. The molecule has 0 spiro atoms. The molecule has 5 rings (SSSR count). The zero-order chi connectivity index (χ0) is 21.4. The molecule has 0 bridgehead atoms. The van der Waals surface area contributed by atoms with Gasteiger partial charge in [0.2, 0.25) is 6.41 Å². The number of amides is 1. The van der Waals surface area contributed by atoms with E-state index in [0.29, 0.717) is 17.3 Å². The lowest BCUT2D eigenvalue weighted by Gasteiger charge is -2.29. The van der Waals surface area contributed by atoms with Crippen LogP contribution in [0.5, 0.6) is 0 Å². The number of fused-ring (bicyclic) bond motifs is 2. The van der Waals surface area contributed by atoms with Crippen LogP contribution in [-0.4, -0.2) is 43.9 Å². The van der Waals surface area contributed by atoms with Crippen molar-refractivity contribution in [2.75, 3.05) is 18.8 Å². The van der Waals surface area contributed by atoms with Crippen LogP contribution in [0.15, 0.2) is 28.5 Å². The molecule has 1 fully saturated rings. The number of anilines is 1. The highest BCUT2D eigenvalue weighted by molar-refractivity contribution is 14.1. The number of imidazole rings is 1.